The number of aliphatic imine (C=N–C) groups is 1. The van der Waals surface area contributed by atoms with Gasteiger partial charge < -0.3 is 20.5 Å². The van der Waals surface area contributed by atoms with E-state index < -0.39 is 6.10 Å². The summed E-state index contributed by atoms with van der Waals surface area (Å²) < 4.78 is 5.63. The monoisotopic (exact) mass is 475 g/mol. The number of aliphatic hydroxyl groups is 1. The molecule has 3 unspecified atom stereocenters. The summed E-state index contributed by atoms with van der Waals surface area (Å²) in [5.41, 5.74) is 0.853. The van der Waals surface area contributed by atoms with E-state index >= 15 is 0 Å². The van der Waals surface area contributed by atoms with Gasteiger partial charge in [0.15, 0.2) is 5.96 Å². The highest BCUT2D eigenvalue weighted by molar-refractivity contribution is 14.0. The predicted molar refractivity (Wildman–Crippen MR) is 118 cm³/mol. The largest absolute Gasteiger partial charge is 0.491 e. The highest BCUT2D eigenvalue weighted by Gasteiger charge is 2.36. The van der Waals surface area contributed by atoms with Gasteiger partial charge in [-0.05, 0) is 57.2 Å². The van der Waals surface area contributed by atoms with Crippen molar-refractivity contribution in [1.82, 2.24) is 10.6 Å². The number of guanidine groups is 1. The van der Waals surface area contributed by atoms with Gasteiger partial charge in [0.05, 0.1) is 18.8 Å². The normalized spacial score (nSPS) is 20.3. The highest BCUT2D eigenvalue weighted by atomic mass is 127. The van der Waals surface area contributed by atoms with Crippen molar-refractivity contribution in [1.29, 1.82) is 0 Å². The molecule has 3 N–H and O–H groups in total. The van der Waals surface area contributed by atoms with Crippen LogP contribution in [0.4, 0.5) is 0 Å². The first-order valence-electron chi connectivity index (χ1n) is 9.53. The Bertz CT molecular complexity index is 548. The molecule has 3 atom stereocenters. The first kappa shape index (κ1) is 23.0. The SMILES string of the molecule is CCCC1CC1NC(=NCC(O)c1ccc(OC(C)C)cc1)NCC.I. The van der Waals surface area contributed by atoms with Crippen LogP contribution in [0.5, 0.6) is 5.75 Å². The van der Waals surface area contributed by atoms with Crippen LogP contribution in [0.15, 0.2) is 29.3 Å². The number of ether oxygens (including phenoxy) is 1. The number of rotatable bonds is 9. The predicted octanol–water partition coefficient (Wildman–Crippen LogP) is 3.87. The molecule has 0 radical (unpaired) electrons. The van der Waals surface area contributed by atoms with Crippen LogP contribution in [0.3, 0.4) is 0 Å². The van der Waals surface area contributed by atoms with Gasteiger partial charge in [-0.15, -0.1) is 24.0 Å². The molecule has 6 heteroatoms. The lowest BCUT2D eigenvalue weighted by molar-refractivity contribution is 0.186. The minimum Gasteiger partial charge on any atom is -0.491 e. The standard InChI is InChI=1S/C20H33N3O2.HI/c1-5-7-16-12-18(16)23-20(21-6-2)22-13-19(24)15-8-10-17(11-9-15)25-14(3)4;/h8-11,14,16,18-19,24H,5-7,12-13H2,1-4H3,(H2,21,22,23);1H. The Morgan fingerprint density at radius 1 is 1.27 bits per heavy atom. The first-order valence-corrected chi connectivity index (χ1v) is 9.53. The van der Waals surface area contributed by atoms with Gasteiger partial charge in [-0.2, -0.15) is 0 Å². The van der Waals surface area contributed by atoms with E-state index in [0.29, 0.717) is 12.6 Å². The maximum atomic E-state index is 10.4. The van der Waals surface area contributed by atoms with E-state index in [2.05, 4.69) is 29.5 Å². The molecule has 1 aliphatic carbocycles. The summed E-state index contributed by atoms with van der Waals surface area (Å²) >= 11 is 0. The van der Waals surface area contributed by atoms with Crippen LogP contribution in [-0.2, 0) is 0 Å². The maximum Gasteiger partial charge on any atom is 0.191 e. The van der Waals surface area contributed by atoms with Gasteiger partial charge in [-0.25, -0.2) is 0 Å². The van der Waals surface area contributed by atoms with Crippen LogP contribution in [0.1, 0.15) is 58.6 Å². The lowest BCUT2D eigenvalue weighted by Crippen LogP contribution is -2.39. The van der Waals surface area contributed by atoms with Crippen molar-refractivity contribution in [2.24, 2.45) is 10.9 Å². The first-order chi connectivity index (χ1) is 12.0. The molecule has 0 amide bonds. The minimum absolute atomic E-state index is 0. The number of hydrogen-bond donors (Lipinski definition) is 3. The van der Waals surface area contributed by atoms with Crippen LogP contribution in [0.25, 0.3) is 0 Å². The average molecular weight is 475 g/mol. The van der Waals surface area contributed by atoms with E-state index in [-0.39, 0.29) is 30.1 Å². The van der Waals surface area contributed by atoms with Crippen LogP contribution in [0, 0.1) is 5.92 Å². The zero-order valence-corrected chi connectivity index (χ0v) is 18.7. The van der Waals surface area contributed by atoms with E-state index in [1.165, 1.54) is 19.3 Å². The molecular weight excluding hydrogens is 441 g/mol. The molecule has 2 rings (SSSR count). The molecule has 0 aliphatic heterocycles. The number of hydrogen-bond acceptors (Lipinski definition) is 3. The summed E-state index contributed by atoms with van der Waals surface area (Å²) in [5, 5.41) is 17.1. The molecule has 1 fully saturated rings. The second-order valence-corrected chi connectivity index (χ2v) is 7.01. The Morgan fingerprint density at radius 2 is 1.96 bits per heavy atom. The van der Waals surface area contributed by atoms with Crippen LogP contribution < -0.4 is 15.4 Å². The topological polar surface area (TPSA) is 65.9 Å². The quantitative estimate of drug-likeness (QED) is 0.288. The van der Waals surface area contributed by atoms with Crippen LogP contribution >= 0.6 is 24.0 Å². The molecule has 148 valence electrons. The Balaban J connectivity index is 0.00000338. The molecule has 5 nitrogen and oxygen atoms in total. The molecule has 1 saturated carbocycles. The number of benzene rings is 1. The Labute approximate surface area is 175 Å². The summed E-state index contributed by atoms with van der Waals surface area (Å²) in [7, 11) is 0. The lowest BCUT2D eigenvalue weighted by Gasteiger charge is -2.14. The second-order valence-electron chi connectivity index (χ2n) is 7.01. The zero-order chi connectivity index (χ0) is 18.2. The van der Waals surface area contributed by atoms with Crippen molar-refractivity contribution in [2.75, 3.05) is 13.1 Å². The minimum atomic E-state index is -0.616. The van der Waals surface area contributed by atoms with Crippen molar-refractivity contribution < 1.29 is 9.84 Å². The van der Waals surface area contributed by atoms with Crippen molar-refractivity contribution in [2.45, 2.75) is 65.2 Å². The van der Waals surface area contributed by atoms with Gasteiger partial charge in [0, 0.05) is 12.6 Å². The number of nitrogens with zero attached hydrogens (tertiary/aromatic N) is 1. The molecule has 1 aromatic carbocycles. The molecule has 1 aromatic rings. The van der Waals surface area contributed by atoms with E-state index in [1.54, 1.807) is 0 Å². The Kier molecular flexibility index (Phi) is 10.3. The molecular formula is C20H34IN3O2. The smallest absolute Gasteiger partial charge is 0.191 e. The summed E-state index contributed by atoms with van der Waals surface area (Å²) in [6.45, 7) is 9.43. The number of aliphatic hydroxyl groups excluding tert-OH is 1. The summed E-state index contributed by atoms with van der Waals surface area (Å²) in [4.78, 5) is 4.55. The molecule has 0 spiro atoms. The molecule has 0 aromatic heterocycles. The van der Waals surface area contributed by atoms with Gasteiger partial charge in [-0.1, -0.05) is 25.5 Å². The van der Waals surface area contributed by atoms with E-state index in [4.69, 9.17) is 4.74 Å². The fourth-order valence-corrected chi connectivity index (χ4v) is 2.93. The summed E-state index contributed by atoms with van der Waals surface area (Å²) in [6.07, 6.45) is 3.25. The van der Waals surface area contributed by atoms with Crippen molar-refractivity contribution in [3.05, 3.63) is 29.8 Å². The van der Waals surface area contributed by atoms with Crippen LogP contribution in [-0.4, -0.2) is 36.3 Å². The van der Waals surface area contributed by atoms with E-state index in [0.717, 1.165) is 29.7 Å². The zero-order valence-electron chi connectivity index (χ0n) is 16.4. The van der Waals surface area contributed by atoms with Crippen molar-refractivity contribution in [3.63, 3.8) is 0 Å². The van der Waals surface area contributed by atoms with Gasteiger partial charge in [0.25, 0.3) is 0 Å². The Hall–Kier alpha value is -1.02. The third kappa shape index (κ3) is 7.70. The number of halogens is 1. The molecule has 0 saturated heterocycles. The van der Waals surface area contributed by atoms with Gasteiger partial charge >= 0.3 is 0 Å². The molecule has 1 aliphatic rings. The number of nitrogens with one attached hydrogen (secondary N) is 2. The van der Waals surface area contributed by atoms with Gasteiger partial charge in [-0.3, -0.25) is 4.99 Å². The summed E-state index contributed by atoms with van der Waals surface area (Å²) in [5.74, 6) is 2.39. The van der Waals surface area contributed by atoms with Crippen molar-refractivity contribution in [3.8, 4) is 5.75 Å². The fourth-order valence-electron chi connectivity index (χ4n) is 2.93. The molecule has 26 heavy (non-hydrogen) atoms. The molecule has 0 bridgehead atoms. The Morgan fingerprint density at radius 3 is 2.54 bits per heavy atom. The average Bonchev–Trinajstić information content (AvgIpc) is 3.30. The van der Waals surface area contributed by atoms with Crippen LogP contribution in [0.2, 0.25) is 0 Å². The third-order valence-electron chi connectivity index (χ3n) is 4.31. The fraction of sp³-hybridized carbons (Fsp3) is 0.650. The van der Waals surface area contributed by atoms with Gasteiger partial charge in [0.1, 0.15) is 5.75 Å². The molecule has 0 heterocycles. The lowest BCUT2D eigenvalue weighted by atomic mass is 10.1. The van der Waals surface area contributed by atoms with E-state index in [9.17, 15) is 5.11 Å². The van der Waals surface area contributed by atoms with Crippen molar-refractivity contribution >= 4 is 29.9 Å². The second kappa shape index (κ2) is 11.6. The summed E-state index contributed by atoms with van der Waals surface area (Å²) in [6, 6.07) is 8.12. The third-order valence-corrected chi connectivity index (χ3v) is 4.31. The van der Waals surface area contributed by atoms with Gasteiger partial charge in [0.2, 0.25) is 0 Å². The highest BCUT2D eigenvalue weighted by Crippen LogP contribution is 2.34. The maximum absolute atomic E-state index is 10.4. The van der Waals surface area contributed by atoms with E-state index in [1.807, 2.05) is 38.1 Å².